The third-order valence-electron chi connectivity index (χ3n) is 5.35. The van der Waals surface area contributed by atoms with Crippen LogP contribution in [0.3, 0.4) is 0 Å². The van der Waals surface area contributed by atoms with Gasteiger partial charge in [0.15, 0.2) is 0 Å². The van der Waals surface area contributed by atoms with Crippen molar-refractivity contribution < 1.29 is 0 Å². The quantitative estimate of drug-likeness (QED) is 0.859. The van der Waals surface area contributed by atoms with Gasteiger partial charge in [0.2, 0.25) is 0 Å². The van der Waals surface area contributed by atoms with Gasteiger partial charge in [-0.2, -0.15) is 0 Å². The van der Waals surface area contributed by atoms with Gasteiger partial charge in [-0.1, -0.05) is 6.42 Å². The Balaban J connectivity index is 1.49. The van der Waals surface area contributed by atoms with Crippen LogP contribution >= 0.6 is 27.3 Å². The third kappa shape index (κ3) is 2.49. The molecule has 4 rings (SSSR count). The Morgan fingerprint density at radius 3 is 3.05 bits per heavy atom. The molecule has 20 heavy (non-hydrogen) atoms. The SMILES string of the molecule is Brc1cc2c(s1)CCCC2NC1CCN2CCCCC12. The van der Waals surface area contributed by atoms with Crippen molar-refractivity contribution in [3.05, 3.63) is 20.3 Å². The molecule has 0 amide bonds. The van der Waals surface area contributed by atoms with Gasteiger partial charge in [0, 0.05) is 29.5 Å². The van der Waals surface area contributed by atoms with E-state index in [1.807, 2.05) is 11.3 Å². The molecule has 3 heterocycles. The lowest BCUT2D eigenvalue weighted by Crippen LogP contribution is -2.46. The monoisotopic (exact) mass is 354 g/mol. The van der Waals surface area contributed by atoms with Crippen LogP contribution < -0.4 is 5.32 Å². The number of rotatable bonds is 2. The van der Waals surface area contributed by atoms with Crippen LogP contribution in [-0.2, 0) is 6.42 Å². The van der Waals surface area contributed by atoms with Crippen molar-refractivity contribution in [3.8, 4) is 0 Å². The fourth-order valence-corrected chi connectivity index (χ4v) is 6.21. The van der Waals surface area contributed by atoms with E-state index in [0.717, 1.165) is 12.1 Å². The second-order valence-corrected chi connectivity index (χ2v) is 9.05. The van der Waals surface area contributed by atoms with Gasteiger partial charge < -0.3 is 5.32 Å². The van der Waals surface area contributed by atoms with Crippen molar-refractivity contribution in [3.63, 3.8) is 0 Å². The number of nitrogens with zero attached hydrogens (tertiary/aromatic N) is 1. The van der Waals surface area contributed by atoms with E-state index in [-0.39, 0.29) is 0 Å². The number of fused-ring (bicyclic) bond motifs is 2. The van der Waals surface area contributed by atoms with Crippen LogP contribution in [-0.4, -0.2) is 30.1 Å². The Hall–Kier alpha value is 0.1000. The van der Waals surface area contributed by atoms with E-state index >= 15 is 0 Å². The number of halogens is 1. The van der Waals surface area contributed by atoms with Crippen LogP contribution in [0.2, 0.25) is 0 Å². The zero-order valence-corrected chi connectivity index (χ0v) is 14.3. The largest absolute Gasteiger partial charge is 0.306 e. The first-order valence-corrected chi connectivity index (χ1v) is 9.70. The number of hydrogen-bond donors (Lipinski definition) is 1. The smallest absolute Gasteiger partial charge is 0.0704 e. The van der Waals surface area contributed by atoms with E-state index < -0.39 is 0 Å². The van der Waals surface area contributed by atoms with Gasteiger partial charge >= 0.3 is 0 Å². The van der Waals surface area contributed by atoms with Gasteiger partial charge in [-0.05, 0) is 72.6 Å². The summed E-state index contributed by atoms with van der Waals surface area (Å²) in [7, 11) is 0. The molecule has 0 aromatic carbocycles. The van der Waals surface area contributed by atoms with Gasteiger partial charge in [0.25, 0.3) is 0 Å². The summed E-state index contributed by atoms with van der Waals surface area (Å²) < 4.78 is 1.31. The fourth-order valence-electron chi connectivity index (χ4n) is 4.39. The van der Waals surface area contributed by atoms with Crippen molar-refractivity contribution in [1.82, 2.24) is 10.2 Å². The summed E-state index contributed by atoms with van der Waals surface area (Å²) in [5.74, 6) is 0. The maximum Gasteiger partial charge on any atom is 0.0704 e. The highest BCUT2D eigenvalue weighted by Gasteiger charge is 2.37. The molecule has 110 valence electrons. The first-order valence-electron chi connectivity index (χ1n) is 8.09. The Kier molecular flexibility index (Phi) is 3.92. The van der Waals surface area contributed by atoms with Crippen molar-refractivity contribution in [1.29, 1.82) is 0 Å². The third-order valence-corrected chi connectivity index (χ3v) is 7.07. The first kappa shape index (κ1) is 13.7. The van der Waals surface area contributed by atoms with Crippen LogP contribution in [0, 0.1) is 0 Å². The van der Waals surface area contributed by atoms with Gasteiger partial charge in [-0.25, -0.2) is 0 Å². The van der Waals surface area contributed by atoms with E-state index in [1.165, 1.54) is 61.8 Å². The zero-order valence-electron chi connectivity index (χ0n) is 11.9. The average molecular weight is 355 g/mol. The lowest BCUT2D eigenvalue weighted by atomic mass is 9.91. The second-order valence-electron chi connectivity index (χ2n) is 6.53. The predicted molar refractivity (Wildman–Crippen MR) is 88.5 cm³/mol. The fraction of sp³-hybridized carbons (Fsp3) is 0.750. The molecule has 1 aromatic rings. The van der Waals surface area contributed by atoms with E-state index in [4.69, 9.17) is 0 Å². The lowest BCUT2D eigenvalue weighted by Gasteiger charge is -2.35. The predicted octanol–water partition coefficient (Wildman–Crippen LogP) is 4.10. The molecule has 1 aliphatic carbocycles. The Morgan fingerprint density at radius 1 is 1.15 bits per heavy atom. The maximum atomic E-state index is 4.03. The molecular formula is C16H23BrN2S. The molecule has 3 aliphatic rings. The minimum Gasteiger partial charge on any atom is -0.306 e. The molecule has 2 aliphatic heterocycles. The molecule has 2 saturated heterocycles. The topological polar surface area (TPSA) is 15.3 Å². The molecule has 0 spiro atoms. The molecule has 1 N–H and O–H groups in total. The number of piperidine rings is 1. The zero-order chi connectivity index (χ0) is 13.5. The van der Waals surface area contributed by atoms with Crippen LogP contribution in [0.1, 0.15) is 55.0 Å². The molecule has 4 heteroatoms. The van der Waals surface area contributed by atoms with Crippen LogP contribution in [0.5, 0.6) is 0 Å². The Labute approximate surface area is 134 Å². The van der Waals surface area contributed by atoms with Crippen molar-refractivity contribution in [2.75, 3.05) is 13.1 Å². The van der Waals surface area contributed by atoms with Crippen LogP contribution in [0.4, 0.5) is 0 Å². The Bertz CT molecular complexity index is 487. The molecule has 0 saturated carbocycles. The van der Waals surface area contributed by atoms with Crippen molar-refractivity contribution in [2.24, 2.45) is 0 Å². The van der Waals surface area contributed by atoms with Crippen LogP contribution in [0.15, 0.2) is 9.85 Å². The molecule has 2 nitrogen and oxygen atoms in total. The summed E-state index contributed by atoms with van der Waals surface area (Å²) in [4.78, 5) is 4.34. The second kappa shape index (κ2) is 5.71. The molecule has 3 atom stereocenters. The molecule has 1 aromatic heterocycles. The molecular weight excluding hydrogens is 332 g/mol. The molecule has 0 radical (unpaired) electrons. The van der Waals surface area contributed by atoms with Gasteiger partial charge in [0.05, 0.1) is 3.79 Å². The highest BCUT2D eigenvalue weighted by Crippen LogP contribution is 2.39. The minimum atomic E-state index is 0.605. The summed E-state index contributed by atoms with van der Waals surface area (Å²) in [6.07, 6.45) is 9.54. The minimum absolute atomic E-state index is 0.605. The molecule has 0 bridgehead atoms. The van der Waals surface area contributed by atoms with E-state index in [9.17, 15) is 0 Å². The summed E-state index contributed by atoms with van der Waals surface area (Å²) in [6.45, 7) is 2.65. The number of nitrogens with one attached hydrogen (secondary N) is 1. The highest BCUT2D eigenvalue weighted by atomic mass is 79.9. The van der Waals surface area contributed by atoms with Gasteiger partial charge in [0.1, 0.15) is 0 Å². The first-order chi connectivity index (χ1) is 9.81. The lowest BCUT2D eigenvalue weighted by molar-refractivity contribution is 0.175. The van der Waals surface area contributed by atoms with Crippen LogP contribution in [0.25, 0.3) is 0 Å². The summed E-state index contributed by atoms with van der Waals surface area (Å²) in [5, 5.41) is 4.03. The van der Waals surface area contributed by atoms with Gasteiger partial charge in [-0.3, -0.25) is 4.90 Å². The maximum absolute atomic E-state index is 4.03. The number of aryl methyl sites for hydroxylation is 1. The standard InChI is InChI=1S/C16H23BrN2S/c17-16-10-11-12(4-3-6-15(11)20-16)18-13-7-9-19-8-2-1-5-14(13)19/h10,12-14,18H,1-9H2. The van der Waals surface area contributed by atoms with E-state index in [2.05, 4.69) is 32.2 Å². The molecule has 3 unspecified atom stereocenters. The summed E-state index contributed by atoms with van der Waals surface area (Å²) in [6, 6.07) is 4.51. The summed E-state index contributed by atoms with van der Waals surface area (Å²) >= 11 is 5.61. The van der Waals surface area contributed by atoms with E-state index in [1.54, 1.807) is 10.4 Å². The normalized spacial score (nSPS) is 34.0. The molecule has 2 fully saturated rings. The number of thiophene rings is 1. The van der Waals surface area contributed by atoms with Gasteiger partial charge in [-0.15, -0.1) is 11.3 Å². The van der Waals surface area contributed by atoms with E-state index in [0.29, 0.717) is 6.04 Å². The number of hydrogen-bond acceptors (Lipinski definition) is 3. The Morgan fingerprint density at radius 2 is 2.10 bits per heavy atom. The average Bonchev–Trinajstić information content (AvgIpc) is 3.03. The summed E-state index contributed by atoms with van der Waals surface area (Å²) in [5.41, 5.74) is 1.59. The van der Waals surface area contributed by atoms with Crippen molar-refractivity contribution >= 4 is 27.3 Å². The highest BCUT2D eigenvalue weighted by molar-refractivity contribution is 9.11. The van der Waals surface area contributed by atoms with Crippen molar-refractivity contribution in [2.45, 2.75) is 63.1 Å².